The second-order valence-electron chi connectivity index (χ2n) is 6.15. The van der Waals surface area contributed by atoms with Crippen LogP contribution in [0.25, 0.3) is 0 Å². The van der Waals surface area contributed by atoms with E-state index in [0.29, 0.717) is 0 Å². The predicted molar refractivity (Wildman–Crippen MR) is 93.7 cm³/mol. The Bertz CT molecular complexity index is 687. The highest BCUT2D eigenvalue weighted by molar-refractivity contribution is 5.89. The van der Waals surface area contributed by atoms with Gasteiger partial charge in [-0.3, -0.25) is 0 Å². The van der Waals surface area contributed by atoms with Gasteiger partial charge in [0.2, 0.25) is 0 Å². The van der Waals surface area contributed by atoms with Gasteiger partial charge in [-0.2, -0.15) is 0 Å². The number of carbonyl (C=O) groups is 1. The molecule has 2 amide bonds. The van der Waals surface area contributed by atoms with Crippen LogP contribution < -0.4 is 5.32 Å². The molecule has 4 heteroatoms. The number of carbonyl (C=O) groups excluding carboxylic acids is 1. The van der Waals surface area contributed by atoms with Crippen molar-refractivity contribution in [1.29, 1.82) is 0 Å². The first-order chi connectivity index (χ1) is 11.1. The van der Waals surface area contributed by atoms with Crippen molar-refractivity contribution < 1.29 is 4.79 Å². The van der Waals surface area contributed by atoms with Crippen molar-refractivity contribution in [1.82, 2.24) is 9.47 Å². The highest BCUT2D eigenvalue weighted by Crippen LogP contribution is 2.30. The van der Waals surface area contributed by atoms with Gasteiger partial charge in [0.15, 0.2) is 0 Å². The minimum absolute atomic E-state index is 0.00815. The summed E-state index contributed by atoms with van der Waals surface area (Å²) in [6.07, 6.45) is 1.93. The number of rotatable bonds is 3. The Morgan fingerprint density at radius 3 is 2.52 bits per heavy atom. The third-order valence-electron chi connectivity index (χ3n) is 4.78. The zero-order valence-corrected chi connectivity index (χ0v) is 14.2. The smallest absolute Gasteiger partial charge is 0.322 e. The molecule has 0 fully saturated rings. The van der Waals surface area contributed by atoms with Gasteiger partial charge in [0, 0.05) is 30.2 Å². The molecule has 23 heavy (non-hydrogen) atoms. The fourth-order valence-corrected chi connectivity index (χ4v) is 3.40. The van der Waals surface area contributed by atoms with E-state index in [1.165, 1.54) is 17.0 Å². The van der Waals surface area contributed by atoms with Crippen molar-refractivity contribution in [3.63, 3.8) is 0 Å². The molecular weight excluding hydrogens is 286 g/mol. The van der Waals surface area contributed by atoms with Crippen LogP contribution >= 0.6 is 0 Å². The number of hydrogen-bond donors (Lipinski definition) is 1. The maximum absolute atomic E-state index is 12.7. The lowest BCUT2D eigenvalue weighted by Gasteiger charge is -2.37. The molecular formula is C19H25N3O. The van der Waals surface area contributed by atoms with E-state index in [1.54, 1.807) is 0 Å². The van der Waals surface area contributed by atoms with Gasteiger partial charge in [0.25, 0.3) is 0 Å². The van der Waals surface area contributed by atoms with Crippen molar-refractivity contribution in [2.75, 3.05) is 11.9 Å². The fraction of sp³-hybridized carbons (Fsp3) is 0.421. The molecule has 0 saturated carbocycles. The summed E-state index contributed by atoms with van der Waals surface area (Å²) >= 11 is 0. The highest BCUT2D eigenvalue weighted by Gasteiger charge is 2.30. The number of aryl methyl sites for hydroxylation is 2. The molecule has 0 spiro atoms. The van der Waals surface area contributed by atoms with Crippen molar-refractivity contribution >= 4 is 11.7 Å². The zero-order valence-electron chi connectivity index (χ0n) is 14.2. The number of fused-ring (bicyclic) bond motifs is 1. The molecule has 0 aliphatic carbocycles. The number of nitrogens with one attached hydrogen (secondary N) is 1. The van der Waals surface area contributed by atoms with E-state index in [9.17, 15) is 4.79 Å². The second-order valence-corrected chi connectivity index (χ2v) is 6.15. The van der Waals surface area contributed by atoms with Crippen LogP contribution in [0.1, 0.15) is 43.3 Å². The van der Waals surface area contributed by atoms with Gasteiger partial charge in [-0.15, -0.1) is 0 Å². The summed E-state index contributed by atoms with van der Waals surface area (Å²) < 4.78 is 2.33. The van der Waals surface area contributed by atoms with Crippen LogP contribution in [0.3, 0.4) is 0 Å². The Kier molecular flexibility index (Phi) is 4.42. The van der Waals surface area contributed by atoms with Gasteiger partial charge in [-0.05, 0) is 49.6 Å². The number of anilines is 1. The fourth-order valence-electron chi connectivity index (χ4n) is 3.40. The first-order valence-corrected chi connectivity index (χ1v) is 8.46. The molecule has 2 heterocycles. The lowest BCUT2D eigenvalue weighted by atomic mass is 10.1. The van der Waals surface area contributed by atoms with Gasteiger partial charge in [0.05, 0.1) is 6.04 Å². The minimum atomic E-state index is -0.00815. The minimum Gasteiger partial charge on any atom is -0.345 e. The lowest BCUT2D eigenvalue weighted by Crippen LogP contribution is -2.44. The van der Waals surface area contributed by atoms with E-state index in [-0.39, 0.29) is 12.1 Å². The van der Waals surface area contributed by atoms with Gasteiger partial charge < -0.3 is 14.8 Å². The maximum Gasteiger partial charge on any atom is 0.322 e. The number of nitrogens with zero attached hydrogens (tertiary/aromatic N) is 2. The standard InChI is InChI=1S/C19H25N3O/c1-4-15-7-9-16(10-8-15)20-19(23)22-13-12-21-14(3)6-11-18(21)17(22)5-2/h6-11,17H,4-5,12-13H2,1-3H3,(H,20,23). The molecule has 1 aliphatic heterocycles. The Labute approximate surface area is 138 Å². The lowest BCUT2D eigenvalue weighted by molar-refractivity contribution is 0.165. The largest absolute Gasteiger partial charge is 0.345 e. The van der Waals surface area contributed by atoms with Crippen LogP contribution in [0.2, 0.25) is 0 Å². The molecule has 0 saturated heterocycles. The molecule has 1 atom stereocenters. The maximum atomic E-state index is 12.7. The summed E-state index contributed by atoms with van der Waals surface area (Å²) in [5.41, 5.74) is 4.65. The molecule has 0 radical (unpaired) electrons. The Morgan fingerprint density at radius 2 is 1.87 bits per heavy atom. The van der Waals surface area contributed by atoms with E-state index in [0.717, 1.165) is 31.6 Å². The summed E-state index contributed by atoms with van der Waals surface area (Å²) in [6, 6.07) is 12.5. The van der Waals surface area contributed by atoms with Gasteiger partial charge in [0.1, 0.15) is 0 Å². The van der Waals surface area contributed by atoms with Crippen LogP contribution in [-0.2, 0) is 13.0 Å². The summed E-state index contributed by atoms with van der Waals surface area (Å²) in [4.78, 5) is 14.7. The van der Waals surface area contributed by atoms with Crippen LogP contribution in [0.4, 0.5) is 10.5 Å². The summed E-state index contributed by atoms with van der Waals surface area (Å²) in [6.45, 7) is 8.01. The van der Waals surface area contributed by atoms with Crippen molar-refractivity contribution in [3.05, 3.63) is 53.3 Å². The number of aromatic nitrogens is 1. The van der Waals surface area contributed by atoms with E-state index in [2.05, 4.69) is 54.9 Å². The first-order valence-electron chi connectivity index (χ1n) is 8.46. The molecule has 1 aromatic carbocycles. The summed E-state index contributed by atoms with van der Waals surface area (Å²) in [7, 11) is 0. The predicted octanol–water partition coefficient (Wildman–Crippen LogP) is 4.36. The molecule has 1 N–H and O–H groups in total. The Morgan fingerprint density at radius 1 is 1.13 bits per heavy atom. The van der Waals surface area contributed by atoms with Crippen LogP contribution in [0.15, 0.2) is 36.4 Å². The number of amides is 2. The van der Waals surface area contributed by atoms with Crippen molar-refractivity contribution in [3.8, 4) is 0 Å². The van der Waals surface area contributed by atoms with E-state index >= 15 is 0 Å². The molecule has 4 nitrogen and oxygen atoms in total. The monoisotopic (exact) mass is 311 g/mol. The Balaban J connectivity index is 1.76. The molecule has 1 unspecified atom stereocenters. The van der Waals surface area contributed by atoms with Gasteiger partial charge >= 0.3 is 6.03 Å². The number of benzene rings is 1. The van der Waals surface area contributed by atoms with E-state index in [4.69, 9.17) is 0 Å². The number of urea groups is 1. The number of hydrogen-bond acceptors (Lipinski definition) is 1. The van der Waals surface area contributed by atoms with Gasteiger partial charge in [-0.1, -0.05) is 26.0 Å². The SMILES string of the molecule is CCc1ccc(NC(=O)N2CCn3c(C)ccc3C2CC)cc1. The zero-order chi connectivity index (χ0) is 16.4. The van der Waals surface area contributed by atoms with Gasteiger partial charge in [-0.25, -0.2) is 4.79 Å². The third kappa shape index (κ3) is 2.98. The average molecular weight is 311 g/mol. The van der Waals surface area contributed by atoms with Crippen LogP contribution in [0, 0.1) is 6.92 Å². The van der Waals surface area contributed by atoms with E-state index in [1.807, 2.05) is 17.0 Å². The van der Waals surface area contributed by atoms with Crippen LogP contribution in [0.5, 0.6) is 0 Å². The van der Waals surface area contributed by atoms with Crippen molar-refractivity contribution in [2.45, 2.75) is 46.2 Å². The quantitative estimate of drug-likeness (QED) is 0.898. The van der Waals surface area contributed by atoms with Crippen molar-refractivity contribution in [2.24, 2.45) is 0 Å². The topological polar surface area (TPSA) is 37.3 Å². The first kappa shape index (κ1) is 15.7. The summed E-state index contributed by atoms with van der Waals surface area (Å²) in [5.74, 6) is 0. The highest BCUT2D eigenvalue weighted by atomic mass is 16.2. The van der Waals surface area contributed by atoms with E-state index < -0.39 is 0 Å². The van der Waals surface area contributed by atoms with Crippen LogP contribution in [-0.4, -0.2) is 22.0 Å². The summed E-state index contributed by atoms with van der Waals surface area (Å²) in [5, 5.41) is 3.04. The normalized spacial score (nSPS) is 17.0. The molecule has 2 aromatic rings. The molecule has 122 valence electrons. The Hall–Kier alpha value is -2.23. The molecule has 3 rings (SSSR count). The third-order valence-corrected chi connectivity index (χ3v) is 4.78. The molecule has 0 bridgehead atoms. The molecule has 1 aromatic heterocycles. The second kappa shape index (κ2) is 6.49. The molecule has 1 aliphatic rings. The average Bonchev–Trinajstić information content (AvgIpc) is 2.96.